The number of aliphatic hydroxyl groups is 3. The fraction of sp³-hybridized carbons (Fsp3) is 0.865. The lowest BCUT2D eigenvalue weighted by Crippen LogP contribution is -2.48. The number of hydrogen-bond acceptors (Lipinski definition) is 4. The third-order valence-corrected chi connectivity index (χ3v) is 11.7. The fourth-order valence-corrected chi connectivity index (χ4v) is 7.75. The number of carbonyl (C=O) groups is 1. The van der Waals surface area contributed by atoms with Crippen molar-refractivity contribution in [1.82, 2.24) is 5.32 Å². The number of unbranched alkanes of at least 4 members (excludes halogenated alkanes) is 34. The summed E-state index contributed by atoms with van der Waals surface area (Å²) in [4.78, 5) is 12.5. The highest BCUT2D eigenvalue weighted by molar-refractivity contribution is 5.80. The molecule has 0 rings (SSSR count). The van der Waals surface area contributed by atoms with Crippen LogP contribution < -0.4 is 5.32 Å². The Morgan fingerprint density at radius 1 is 0.421 bits per heavy atom. The van der Waals surface area contributed by atoms with Gasteiger partial charge in [-0.25, -0.2) is 0 Å². The largest absolute Gasteiger partial charge is 0.394 e. The molecule has 0 aromatic heterocycles. The van der Waals surface area contributed by atoms with Crippen molar-refractivity contribution in [2.24, 2.45) is 0 Å². The van der Waals surface area contributed by atoms with Crippen molar-refractivity contribution in [2.75, 3.05) is 6.61 Å². The molecule has 0 fully saturated rings. The quantitative estimate of drug-likeness (QED) is 0.0365. The number of aliphatic hydroxyl groups excluding tert-OH is 3. The smallest absolute Gasteiger partial charge is 0.249 e. The summed E-state index contributed by atoms with van der Waals surface area (Å²) in [5.74, 6) is -0.514. The zero-order chi connectivity index (χ0) is 41.5. The van der Waals surface area contributed by atoms with Crippen LogP contribution in [0.4, 0.5) is 0 Å². The predicted octanol–water partition coefficient (Wildman–Crippen LogP) is 15.1. The van der Waals surface area contributed by atoms with Crippen LogP contribution in [0.15, 0.2) is 36.5 Å². The van der Waals surface area contributed by atoms with E-state index in [1.165, 1.54) is 199 Å². The Kier molecular flexibility index (Phi) is 46.1. The van der Waals surface area contributed by atoms with Crippen LogP contribution in [0.25, 0.3) is 0 Å². The Labute approximate surface area is 355 Å². The van der Waals surface area contributed by atoms with Gasteiger partial charge in [-0.2, -0.15) is 0 Å². The van der Waals surface area contributed by atoms with Crippen LogP contribution in [-0.2, 0) is 4.79 Å². The molecule has 0 aromatic carbocycles. The van der Waals surface area contributed by atoms with Gasteiger partial charge in [-0.15, -0.1) is 0 Å². The van der Waals surface area contributed by atoms with Crippen molar-refractivity contribution in [3.63, 3.8) is 0 Å². The van der Waals surface area contributed by atoms with Gasteiger partial charge >= 0.3 is 0 Å². The lowest BCUT2D eigenvalue weighted by molar-refractivity contribution is -0.131. The van der Waals surface area contributed by atoms with E-state index >= 15 is 0 Å². The van der Waals surface area contributed by atoms with Crippen molar-refractivity contribution in [1.29, 1.82) is 0 Å². The van der Waals surface area contributed by atoms with Crippen molar-refractivity contribution >= 4 is 5.91 Å². The molecule has 0 radical (unpaired) electrons. The minimum Gasteiger partial charge on any atom is -0.394 e. The van der Waals surface area contributed by atoms with Gasteiger partial charge < -0.3 is 20.6 Å². The molecular weight excluding hydrogens is 703 g/mol. The minimum atomic E-state index is -1.11. The summed E-state index contributed by atoms with van der Waals surface area (Å²) in [5.41, 5.74) is 0. The van der Waals surface area contributed by atoms with Crippen molar-refractivity contribution in [2.45, 2.75) is 283 Å². The van der Waals surface area contributed by atoms with E-state index in [-0.39, 0.29) is 6.61 Å². The van der Waals surface area contributed by atoms with Crippen LogP contribution in [-0.4, -0.2) is 46.1 Å². The molecule has 1 amide bonds. The van der Waals surface area contributed by atoms with Gasteiger partial charge in [0.05, 0.1) is 18.8 Å². The summed E-state index contributed by atoms with van der Waals surface area (Å²) in [6.07, 6.45) is 60.7. The molecule has 5 heteroatoms. The fourth-order valence-electron chi connectivity index (χ4n) is 7.75. The van der Waals surface area contributed by atoms with Crippen LogP contribution in [0.5, 0.6) is 0 Å². The molecule has 5 nitrogen and oxygen atoms in total. The van der Waals surface area contributed by atoms with Gasteiger partial charge in [0.2, 0.25) is 5.91 Å². The maximum atomic E-state index is 12.5. The number of amides is 1. The van der Waals surface area contributed by atoms with E-state index in [0.717, 1.165) is 44.9 Å². The summed E-state index contributed by atoms with van der Waals surface area (Å²) in [6, 6.07) is -0.818. The second kappa shape index (κ2) is 47.3. The Hall–Kier alpha value is -1.43. The first-order valence-corrected chi connectivity index (χ1v) is 25.3. The molecule has 3 unspecified atom stereocenters. The molecule has 57 heavy (non-hydrogen) atoms. The normalized spacial score (nSPS) is 13.7. The first-order valence-electron chi connectivity index (χ1n) is 25.3. The maximum Gasteiger partial charge on any atom is 0.249 e. The molecule has 0 bridgehead atoms. The second-order valence-corrected chi connectivity index (χ2v) is 17.4. The van der Waals surface area contributed by atoms with Gasteiger partial charge in [-0.3, -0.25) is 4.79 Å². The van der Waals surface area contributed by atoms with Crippen LogP contribution in [0, 0.1) is 0 Å². The SMILES string of the molecule is CCCCCCC/C=C/CC/C=C/CC/C=C/C(O)C(CO)NC(=O)C(O)CCCCCCCCCCCCCCCCCCCCCCCCCCCCCC. The highest BCUT2D eigenvalue weighted by atomic mass is 16.3. The Morgan fingerprint density at radius 3 is 1.07 bits per heavy atom. The van der Waals surface area contributed by atoms with Gasteiger partial charge in [0.1, 0.15) is 6.10 Å². The number of nitrogens with one attached hydrogen (secondary N) is 1. The van der Waals surface area contributed by atoms with E-state index < -0.39 is 24.2 Å². The summed E-state index contributed by atoms with van der Waals surface area (Å²) in [6.45, 7) is 4.17. The van der Waals surface area contributed by atoms with Crippen molar-refractivity contribution in [3.8, 4) is 0 Å². The molecule has 0 aliphatic rings. The molecule has 0 spiro atoms. The first-order chi connectivity index (χ1) is 28.1. The van der Waals surface area contributed by atoms with E-state index in [0.29, 0.717) is 6.42 Å². The van der Waals surface area contributed by atoms with Crippen LogP contribution >= 0.6 is 0 Å². The van der Waals surface area contributed by atoms with Crippen LogP contribution in [0.2, 0.25) is 0 Å². The van der Waals surface area contributed by atoms with Crippen LogP contribution in [0.1, 0.15) is 264 Å². The third-order valence-electron chi connectivity index (χ3n) is 11.7. The van der Waals surface area contributed by atoms with Gasteiger partial charge in [-0.1, -0.05) is 256 Å². The topological polar surface area (TPSA) is 89.8 Å². The Morgan fingerprint density at radius 2 is 0.719 bits per heavy atom. The van der Waals surface area contributed by atoms with E-state index in [9.17, 15) is 20.1 Å². The van der Waals surface area contributed by atoms with E-state index in [4.69, 9.17) is 0 Å². The van der Waals surface area contributed by atoms with Crippen molar-refractivity contribution in [3.05, 3.63) is 36.5 Å². The molecule has 0 saturated carbocycles. The average molecular weight is 802 g/mol. The highest BCUT2D eigenvalue weighted by Crippen LogP contribution is 2.17. The summed E-state index contributed by atoms with van der Waals surface area (Å²) < 4.78 is 0. The first kappa shape index (κ1) is 55.6. The molecule has 0 heterocycles. The second-order valence-electron chi connectivity index (χ2n) is 17.4. The molecule has 0 saturated heterocycles. The van der Waals surface area contributed by atoms with E-state index in [1.54, 1.807) is 6.08 Å². The minimum absolute atomic E-state index is 0.379. The van der Waals surface area contributed by atoms with E-state index in [1.807, 2.05) is 6.08 Å². The van der Waals surface area contributed by atoms with Gasteiger partial charge in [-0.05, 0) is 44.9 Å². The zero-order valence-electron chi connectivity index (χ0n) is 38.2. The van der Waals surface area contributed by atoms with Crippen molar-refractivity contribution < 1.29 is 20.1 Å². The van der Waals surface area contributed by atoms with Gasteiger partial charge in [0.25, 0.3) is 0 Å². The predicted molar refractivity (Wildman–Crippen MR) is 250 cm³/mol. The standard InChI is InChI=1S/C52H99NO4/c1-3-5-7-9-11-13-15-17-19-20-21-22-23-24-25-26-27-28-29-30-31-33-35-37-39-41-43-45-47-51(56)52(57)53-49(48-54)50(55)46-44-42-40-38-36-34-32-18-16-14-12-10-8-6-4-2/h16,18,36,38,44,46,49-51,54-56H,3-15,17,19-35,37,39-43,45,47-48H2,1-2H3,(H,53,57)/b18-16+,38-36+,46-44+. The molecule has 0 aliphatic heterocycles. The average Bonchev–Trinajstić information content (AvgIpc) is 3.22. The molecule has 336 valence electrons. The lowest BCUT2D eigenvalue weighted by Gasteiger charge is -2.21. The molecule has 3 atom stereocenters. The zero-order valence-corrected chi connectivity index (χ0v) is 38.2. The summed E-state index contributed by atoms with van der Waals surface area (Å²) in [7, 11) is 0. The summed E-state index contributed by atoms with van der Waals surface area (Å²) >= 11 is 0. The van der Waals surface area contributed by atoms with Crippen LogP contribution in [0.3, 0.4) is 0 Å². The molecule has 4 N–H and O–H groups in total. The maximum absolute atomic E-state index is 12.5. The third kappa shape index (κ3) is 42.5. The Bertz CT molecular complexity index is 885. The number of rotatable bonds is 46. The molecule has 0 aromatic rings. The summed E-state index contributed by atoms with van der Waals surface area (Å²) in [5, 5.41) is 33.2. The number of allylic oxidation sites excluding steroid dienone is 5. The number of carbonyl (C=O) groups excluding carboxylic acids is 1. The van der Waals surface area contributed by atoms with Gasteiger partial charge in [0.15, 0.2) is 0 Å². The number of hydrogen-bond donors (Lipinski definition) is 4. The monoisotopic (exact) mass is 802 g/mol. The molecule has 0 aliphatic carbocycles. The van der Waals surface area contributed by atoms with E-state index in [2.05, 4.69) is 43.5 Å². The molecular formula is C52H99NO4. The Balaban J connectivity index is 3.57. The lowest BCUT2D eigenvalue weighted by atomic mass is 10.0. The highest BCUT2D eigenvalue weighted by Gasteiger charge is 2.22. The van der Waals surface area contributed by atoms with Gasteiger partial charge in [0, 0.05) is 0 Å².